The second-order valence-electron chi connectivity index (χ2n) is 6.40. The van der Waals surface area contributed by atoms with Crippen molar-refractivity contribution in [1.29, 1.82) is 0 Å². The van der Waals surface area contributed by atoms with Crippen molar-refractivity contribution in [2.75, 3.05) is 5.32 Å². The van der Waals surface area contributed by atoms with Gasteiger partial charge in [0.2, 0.25) is 0 Å². The minimum Gasteiger partial charge on any atom is -0.322 e. The number of nitrogens with zero attached hydrogens (tertiary/aromatic N) is 1. The third-order valence-corrected chi connectivity index (χ3v) is 7.04. The lowest BCUT2D eigenvalue weighted by molar-refractivity contribution is 0.102. The van der Waals surface area contributed by atoms with Crippen LogP contribution in [0, 0.1) is 6.92 Å². The number of carbonyl (C=O) groups excluding carboxylic acids is 1. The summed E-state index contributed by atoms with van der Waals surface area (Å²) < 4.78 is 24.3. The van der Waals surface area contributed by atoms with E-state index in [1.165, 1.54) is 24.3 Å². The fourth-order valence-electron chi connectivity index (χ4n) is 2.52. The van der Waals surface area contributed by atoms with Gasteiger partial charge in [-0.2, -0.15) is 0 Å². The van der Waals surface area contributed by atoms with E-state index in [1.807, 2.05) is 30.5 Å². The molecule has 27 heavy (non-hydrogen) atoms. The van der Waals surface area contributed by atoms with Crippen molar-refractivity contribution in [2.24, 2.45) is 0 Å². The first kappa shape index (κ1) is 19.3. The monoisotopic (exact) mass is 400 g/mol. The zero-order valence-corrected chi connectivity index (χ0v) is 16.9. The lowest BCUT2D eigenvalue weighted by Gasteiger charge is -2.09. The average molecular weight is 401 g/mol. The predicted octanol–water partition coefficient (Wildman–Crippen LogP) is 4.55. The number of nitrogens with one attached hydrogen (secondary N) is 1. The van der Waals surface area contributed by atoms with Gasteiger partial charge in [0.15, 0.2) is 9.84 Å². The van der Waals surface area contributed by atoms with E-state index < -0.39 is 15.1 Å². The molecule has 0 radical (unpaired) electrons. The van der Waals surface area contributed by atoms with Gasteiger partial charge in [-0.3, -0.25) is 4.79 Å². The summed E-state index contributed by atoms with van der Waals surface area (Å²) in [5.41, 5.74) is 2.85. The summed E-state index contributed by atoms with van der Waals surface area (Å²) >= 11 is 1.57. The van der Waals surface area contributed by atoms with Crippen molar-refractivity contribution in [2.45, 2.75) is 30.9 Å². The first-order chi connectivity index (χ1) is 12.8. The number of hydrogen-bond acceptors (Lipinski definition) is 5. The number of benzene rings is 2. The Labute approximate surface area is 163 Å². The third kappa shape index (κ3) is 4.26. The molecule has 1 N–H and O–H groups in total. The van der Waals surface area contributed by atoms with E-state index >= 15 is 0 Å². The average Bonchev–Trinajstić information content (AvgIpc) is 3.08. The van der Waals surface area contributed by atoms with Crippen LogP contribution < -0.4 is 5.32 Å². The number of sulfone groups is 1. The highest BCUT2D eigenvalue weighted by molar-refractivity contribution is 7.92. The van der Waals surface area contributed by atoms with Crippen LogP contribution in [-0.4, -0.2) is 24.6 Å². The number of aromatic nitrogens is 1. The van der Waals surface area contributed by atoms with E-state index in [9.17, 15) is 13.2 Å². The number of anilines is 1. The van der Waals surface area contributed by atoms with Crippen molar-refractivity contribution in [1.82, 2.24) is 4.98 Å². The van der Waals surface area contributed by atoms with Crippen LogP contribution in [0.15, 0.2) is 58.8 Å². The van der Waals surface area contributed by atoms with Crippen LogP contribution in [0.25, 0.3) is 11.3 Å². The van der Waals surface area contributed by atoms with E-state index in [0.717, 1.165) is 16.3 Å². The highest BCUT2D eigenvalue weighted by atomic mass is 32.2. The fourth-order valence-corrected chi connectivity index (χ4v) is 4.21. The number of amides is 1. The van der Waals surface area contributed by atoms with Crippen molar-refractivity contribution >= 4 is 32.8 Å². The first-order valence-electron chi connectivity index (χ1n) is 8.45. The molecule has 3 aromatic rings. The van der Waals surface area contributed by atoms with E-state index in [1.54, 1.807) is 31.3 Å². The molecule has 0 saturated heterocycles. The lowest BCUT2D eigenvalue weighted by atomic mass is 10.1. The quantitative estimate of drug-likeness (QED) is 0.681. The van der Waals surface area contributed by atoms with E-state index in [2.05, 4.69) is 10.3 Å². The zero-order chi connectivity index (χ0) is 19.6. The SMILES string of the molecule is Cc1nc(-c2cccc(NC(=O)c3ccc(S(=O)(=O)C(C)C)cc3)c2)cs1. The molecule has 0 fully saturated rings. The Bertz CT molecular complexity index is 1070. The van der Waals surface area contributed by atoms with Gasteiger partial charge < -0.3 is 5.32 Å². The molecule has 5 nitrogen and oxygen atoms in total. The van der Waals surface area contributed by atoms with Gasteiger partial charge in [-0.1, -0.05) is 12.1 Å². The summed E-state index contributed by atoms with van der Waals surface area (Å²) in [5.74, 6) is -0.296. The summed E-state index contributed by atoms with van der Waals surface area (Å²) in [6, 6.07) is 13.5. The first-order valence-corrected chi connectivity index (χ1v) is 10.9. The molecule has 0 saturated carbocycles. The molecule has 0 aliphatic rings. The molecule has 3 rings (SSSR count). The smallest absolute Gasteiger partial charge is 0.255 e. The predicted molar refractivity (Wildman–Crippen MR) is 109 cm³/mol. The minimum absolute atomic E-state index is 0.218. The standard InChI is InChI=1S/C20H20N2O3S2/c1-13(2)27(24,25)18-9-7-15(8-10-18)20(23)22-17-6-4-5-16(11-17)19-12-26-14(3)21-19/h4-13H,1-3H3,(H,22,23). The van der Waals surface area contributed by atoms with Crippen LogP contribution in [0.2, 0.25) is 0 Å². The number of hydrogen-bond donors (Lipinski definition) is 1. The molecule has 7 heteroatoms. The van der Waals surface area contributed by atoms with Gasteiger partial charge in [-0.15, -0.1) is 11.3 Å². The molecule has 0 atom stereocenters. The highest BCUT2D eigenvalue weighted by Gasteiger charge is 2.19. The van der Waals surface area contributed by atoms with Crippen LogP contribution in [0.5, 0.6) is 0 Å². The van der Waals surface area contributed by atoms with Crippen LogP contribution in [0.3, 0.4) is 0 Å². The van der Waals surface area contributed by atoms with Gasteiger partial charge in [0, 0.05) is 22.2 Å². The van der Waals surface area contributed by atoms with Gasteiger partial charge in [0.25, 0.3) is 5.91 Å². The molecule has 0 aliphatic heterocycles. The third-order valence-electron chi connectivity index (χ3n) is 4.10. The molecule has 0 spiro atoms. The molecule has 1 heterocycles. The van der Waals surface area contributed by atoms with Crippen LogP contribution >= 0.6 is 11.3 Å². The second-order valence-corrected chi connectivity index (χ2v) is 9.97. The number of aryl methyl sites for hydroxylation is 1. The lowest BCUT2D eigenvalue weighted by Crippen LogP contribution is -2.15. The molecule has 1 aromatic heterocycles. The number of thiazole rings is 1. The summed E-state index contributed by atoms with van der Waals surface area (Å²) in [6.45, 7) is 5.21. The Morgan fingerprint density at radius 2 is 1.81 bits per heavy atom. The molecule has 1 amide bonds. The molecule has 0 unspecified atom stereocenters. The topological polar surface area (TPSA) is 76.1 Å². The maximum Gasteiger partial charge on any atom is 0.255 e. The van der Waals surface area contributed by atoms with E-state index in [-0.39, 0.29) is 10.8 Å². The Morgan fingerprint density at radius 1 is 1.11 bits per heavy atom. The molecular formula is C20H20N2O3S2. The van der Waals surface area contributed by atoms with E-state index in [4.69, 9.17) is 0 Å². The Morgan fingerprint density at radius 3 is 2.41 bits per heavy atom. The fraction of sp³-hybridized carbons (Fsp3) is 0.200. The zero-order valence-electron chi connectivity index (χ0n) is 15.3. The normalized spacial score (nSPS) is 11.6. The van der Waals surface area contributed by atoms with Gasteiger partial charge in [0.1, 0.15) is 0 Å². The largest absolute Gasteiger partial charge is 0.322 e. The van der Waals surface area contributed by atoms with Crippen molar-refractivity contribution in [3.05, 3.63) is 64.5 Å². The Kier molecular flexibility index (Phi) is 5.43. The van der Waals surface area contributed by atoms with Crippen LogP contribution in [0.4, 0.5) is 5.69 Å². The van der Waals surface area contributed by atoms with E-state index in [0.29, 0.717) is 11.3 Å². The molecule has 0 bridgehead atoms. The summed E-state index contributed by atoms with van der Waals surface area (Å²) in [5, 5.41) is 5.30. The van der Waals surface area contributed by atoms with Gasteiger partial charge >= 0.3 is 0 Å². The summed E-state index contributed by atoms with van der Waals surface area (Å²) in [4.78, 5) is 17.2. The summed E-state index contributed by atoms with van der Waals surface area (Å²) in [6.07, 6.45) is 0. The van der Waals surface area contributed by atoms with Crippen molar-refractivity contribution < 1.29 is 13.2 Å². The van der Waals surface area contributed by atoms with Gasteiger partial charge in [-0.05, 0) is 57.2 Å². The molecule has 140 valence electrons. The number of carbonyl (C=O) groups is 1. The Balaban J connectivity index is 1.78. The van der Waals surface area contributed by atoms with Crippen molar-refractivity contribution in [3.8, 4) is 11.3 Å². The van der Waals surface area contributed by atoms with Gasteiger partial charge in [0.05, 0.1) is 20.8 Å². The maximum atomic E-state index is 12.5. The number of rotatable bonds is 5. The molecule has 2 aromatic carbocycles. The van der Waals surface area contributed by atoms with Crippen LogP contribution in [0.1, 0.15) is 29.2 Å². The summed E-state index contributed by atoms with van der Waals surface area (Å²) in [7, 11) is -3.35. The maximum absolute atomic E-state index is 12.5. The Hall–Kier alpha value is -2.51. The minimum atomic E-state index is -3.35. The molecule has 0 aliphatic carbocycles. The van der Waals surface area contributed by atoms with Gasteiger partial charge in [-0.25, -0.2) is 13.4 Å². The second kappa shape index (κ2) is 7.62. The van der Waals surface area contributed by atoms with Crippen molar-refractivity contribution in [3.63, 3.8) is 0 Å². The van der Waals surface area contributed by atoms with Crippen LogP contribution in [-0.2, 0) is 9.84 Å². The molecular weight excluding hydrogens is 380 g/mol. The highest BCUT2D eigenvalue weighted by Crippen LogP contribution is 2.24.